The highest BCUT2D eigenvalue weighted by Crippen LogP contribution is 2.12. The quantitative estimate of drug-likeness (QED) is 0.693. The van der Waals surface area contributed by atoms with Gasteiger partial charge in [0.05, 0.1) is 5.48 Å². The van der Waals surface area contributed by atoms with E-state index in [-0.39, 0.29) is 11.4 Å². The summed E-state index contributed by atoms with van der Waals surface area (Å²) in [5.74, 6) is -0.117. The van der Waals surface area contributed by atoms with Crippen molar-refractivity contribution in [1.82, 2.24) is 20.6 Å². The lowest BCUT2D eigenvalue weighted by Gasteiger charge is -1.93. The van der Waals surface area contributed by atoms with Crippen molar-refractivity contribution < 1.29 is 9.60 Å². The third-order valence-electron chi connectivity index (χ3n) is 1.19. The fourth-order valence-corrected chi connectivity index (χ4v) is 0.692. The van der Waals surface area contributed by atoms with Gasteiger partial charge >= 0.3 is 0 Å². The molecule has 0 saturated heterocycles. The van der Waals surface area contributed by atoms with Crippen molar-refractivity contribution in [2.75, 3.05) is 0 Å². The van der Waals surface area contributed by atoms with Crippen molar-refractivity contribution in [3.05, 3.63) is 29.7 Å². The first kappa shape index (κ1) is 2.65. The lowest BCUT2D eigenvalue weighted by Crippen LogP contribution is -1.80. The van der Waals surface area contributed by atoms with Gasteiger partial charge in [-0.15, -0.1) is 10.2 Å². The molecule has 60 valence electrons. The molecule has 2 rings (SSSR count). The molecule has 1 N–H and O–H groups in total. The Kier molecular flexibility index (Phi) is 0.604. The average molecular weight is 167 g/mol. The standard InChI is InChI=1S/C8H8N4/c1-6-2-4-7(5-3-6)8-9-11-12-10-8/h2-5H,1H3,(H,9,10,11,12)/i1D3,2D,3D,4D,5D. The summed E-state index contributed by atoms with van der Waals surface area (Å²) in [5, 5.41) is 12.6. The van der Waals surface area contributed by atoms with E-state index in [0.29, 0.717) is 0 Å². The first-order valence-electron chi connectivity index (χ1n) is 6.59. The van der Waals surface area contributed by atoms with Crippen LogP contribution in [0.3, 0.4) is 0 Å². The third-order valence-corrected chi connectivity index (χ3v) is 1.19. The predicted molar refractivity (Wildman–Crippen MR) is 44.4 cm³/mol. The molecule has 2 aromatic rings. The minimum Gasteiger partial charge on any atom is -0.177 e. The van der Waals surface area contributed by atoms with Gasteiger partial charge in [-0.25, -0.2) is 0 Å². The maximum absolute atomic E-state index is 7.77. The summed E-state index contributed by atoms with van der Waals surface area (Å²) >= 11 is 0. The Morgan fingerprint density at radius 2 is 2.25 bits per heavy atom. The molecule has 1 aromatic carbocycles. The topological polar surface area (TPSA) is 54.5 Å². The normalized spacial score (nSPS) is 19.5. The van der Waals surface area contributed by atoms with Crippen LogP contribution in [0.1, 0.15) is 15.2 Å². The van der Waals surface area contributed by atoms with Gasteiger partial charge in [0.15, 0.2) is 0 Å². The van der Waals surface area contributed by atoms with Crippen LogP contribution in [0.5, 0.6) is 0 Å². The van der Waals surface area contributed by atoms with E-state index in [1.165, 1.54) is 0 Å². The molecule has 0 atom stereocenters. The monoisotopic (exact) mass is 167 g/mol. The Hall–Kier alpha value is -1.71. The SMILES string of the molecule is [2H]c1c([2H])c(C([2H])([2H])[2H])c([2H])c([2H])c1-c1nn[nH]n1. The van der Waals surface area contributed by atoms with Crippen LogP contribution in [0, 0.1) is 6.85 Å². The van der Waals surface area contributed by atoms with E-state index in [0.717, 1.165) is 0 Å². The molecule has 0 saturated carbocycles. The van der Waals surface area contributed by atoms with Gasteiger partial charge in [0.2, 0.25) is 5.82 Å². The van der Waals surface area contributed by atoms with Crippen LogP contribution in [0.15, 0.2) is 24.2 Å². The second-order valence-corrected chi connectivity index (χ2v) is 1.99. The van der Waals surface area contributed by atoms with Crippen LogP contribution in [0.4, 0.5) is 0 Å². The van der Waals surface area contributed by atoms with Crippen LogP contribution in [0.25, 0.3) is 11.4 Å². The van der Waals surface area contributed by atoms with E-state index >= 15 is 0 Å². The van der Waals surface area contributed by atoms with E-state index in [1.807, 2.05) is 0 Å². The van der Waals surface area contributed by atoms with Crippen LogP contribution in [-0.2, 0) is 0 Å². The fourth-order valence-electron chi connectivity index (χ4n) is 0.692. The average Bonchev–Trinajstić information content (AvgIpc) is 2.79. The van der Waals surface area contributed by atoms with E-state index in [2.05, 4.69) is 20.6 Å². The molecule has 0 amide bonds. The summed E-state index contributed by atoms with van der Waals surface area (Å²) in [7, 11) is 0. The zero-order valence-electron chi connectivity index (χ0n) is 12.8. The van der Waals surface area contributed by atoms with Crippen molar-refractivity contribution in [2.45, 2.75) is 6.85 Å². The van der Waals surface area contributed by atoms with Crippen molar-refractivity contribution in [2.24, 2.45) is 0 Å². The second-order valence-electron chi connectivity index (χ2n) is 1.99. The Labute approximate surface area is 79.5 Å². The fraction of sp³-hybridized carbons (Fsp3) is 0.125. The van der Waals surface area contributed by atoms with Gasteiger partial charge in [0.1, 0.15) is 0 Å². The maximum Gasteiger partial charge on any atom is 0.204 e. The van der Waals surface area contributed by atoms with Crippen LogP contribution < -0.4 is 0 Å². The molecule has 1 heterocycles. The van der Waals surface area contributed by atoms with Crippen LogP contribution >= 0.6 is 0 Å². The summed E-state index contributed by atoms with van der Waals surface area (Å²) in [5.41, 5.74) is -0.800. The molecule has 0 aliphatic rings. The molecule has 1 aromatic heterocycles. The van der Waals surface area contributed by atoms with Gasteiger partial charge in [-0.2, -0.15) is 5.21 Å². The summed E-state index contributed by atoms with van der Waals surface area (Å²) in [6.07, 6.45) is 0. The highest BCUT2D eigenvalue weighted by Gasteiger charge is 1.99. The van der Waals surface area contributed by atoms with Gasteiger partial charge in [-0.05, 0) is 12.1 Å². The van der Waals surface area contributed by atoms with E-state index in [9.17, 15) is 0 Å². The lowest BCUT2D eigenvalue weighted by molar-refractivity contribution is 0.881. The number of nitrogens with one attached hydrogen (secondary N) is 1. The molecule has 0 bridgehead atoms. The number of aromatic amines is 1. The van der Waals surface area contributed by atoms with Crippen LogP contribution in [-0.4, -0.2) is 20.6 Å². The molecule has 12 heavy (non-hydrogen) atoms. The van der Waals surface area contributed by atoms with Gasteiger partial charge in [-0.1, -0.05) is 29.7 Å². The molecule has 4 nitrogen and oxygen atoms in total. The molecule has 4 heteroatoms. The second kappa shape index (κ2) is 2.73. The predicted octanol–water partition coefficient (Wildman–Crippen LogP) is 1.18. The Balaban J connectivity index is 2.82. The highest BCUT2D eigenvalue weighted by molar-refractivity contribution is 5.53. The first-order chi connectivity index (χ1) is 8.75. The molecular weight excluding hydrogens is 152 g/mol. The zero-order valence-corrected chi connectivity index (χ0v) is 5.84. The van der Waals surface area contributed by atoms with Crippen molar-refractivity contribution in [1.29, 1.82) is 0 Å². The number of hydrogen-bond donors (Lipinski definition) is 1. The van der Waals surface area contributed by atoms with Gasteiger partial charge in [0, 0.05) is 9.68 Å². The number of hydrogen-bond acceptors (Lipinski definition) is 3. The van der Waals surface area contributed by atoms with E-state index in [1.54, 1.807) is 0 Å². The van der Waals surface area contributed by atoms with E-state index < -0.39 is 36.6 Å². The smallest absolute Gasteiger partial charge is 0.177 e. The highest BCUT2D eigenvalue weighted by atomic mass is 15.5. The number of aromatic nitrogens is 4. The minimum absolute atomic E-state index is 0.117. The molecule has 0 fully saturated rings. The Bertz CT molecular complexity index is 590. The Morgan fingerprint density at radius 1 is 1.42 bits per heavy atom. The molecule has 0 radical (unpaired) electrons. The molecule has 0 aliphatic carbocycles. The molecular formula is C8H8N4. The van der Waals surface area contributed by atoms with E-state index in [4.69, 9.17) is 9.60 Å². The van der Waals surface area contributed by atoms with Crippen molar-refractivity contribution in [3.63, 3.8) is 0 Å². The number of rotatable bonds is 1. The molecule has 0 aliphatic heterocycles. The third kappa shape index (κ3) is 1.18. The van der Waals surface area contributed by atoms with Crippen LogP contribution in [0.2, 0.25) is 0 Å². The lowest BCUT2D eigenvalue weighted by atomic mass is 10.1. The number of H-pyrrole nitrogens is 1. The van der Waals surface area contributed by atoms with Crippen molar-refractivity contribution >= 4 is 0 Å². The van der Waals surface area contributed by atoms with Crippen molar-refractivity contribution in [3.8, 4) is 11.4 Å². The number of nitrogens with zero attached hydrogens (tertiary/aromatic N) is 3. The summed E-state index contributed by atoms with van der Waals surface area (Å²) in [4.78, 5) is 0. The zero-order chi connectivity index (χ0) is 14.4. The van der Waals surface area contributed by atoms with Gasteiger partial charge in [-0.3, -0.25) is 0 Å². The first-order valence-corrected chi connectivity index (χ1v) is 3.09. The summed E-state index contributed by atoms with van der Waals surface area (Å²) < 4.78 is 52.7. The maximum atomic E-state index is 7.77. The molecule has 0 unspecified atom stereocenters. The largest absolute Gasteiger partial charge is 0.204 e. The van der Waals surface area contributed by atoms with Gasteiger partial charge < -0.3 is 0 Å². The Morgan fingerprint density at radius 3 is 2.83 bits per heavy atom. The number of tetrazole rings is 1. The minimum atomic E-state index is -2.73. The summed E-state index contributed by atoms with van der Waals surface area (Å²) in [6.45, 7) is -2.73. The van der Waals surface area contributed by atoms with Gasteiger partial charge in [0.25, 0.3) is 0 Å². The summed E-state index contributed by atoms with van der Waals surface area (Å²) in [6, 6.07) is -2.26. The molecule has 0 spiro atoms. The number of benzene rings is 1.